The minimum Gasteiger partial charge on any atom is -0.212 e. The summed E-state index contributed by atoms with van der Waals surface area (Å²) in [6.45, 7) is 0. The van der Waals surface area contributed by atoms with E-state index in [1.165, 1.54) is 0 Å². The van der Waals surface area contributed by atoms with Crippen LogP contribution in [0, 0.1) is 0 Å². The maximum Gasteiger partial charge on any atom is 0.236 e. The van der Waals surface area contributed by atoms with Crippen LogP contribution in [-0.4, -0.2) is 8.42 Å². The second kappa shape index (κ2) is 3.96. The van der Waals surface area contributed by atoms with Gasteiger partial charge in [0.05, 0.1) is 5.75 Å². The van der Waals surface area contributed by atoms with Crippen LogP contribution in [0.2, 0.25) is 5.02 Å². The molecule has 0 heterocycles. The summed E-state index contributed by atoms with van der Waals surface area (Å²) in [6, 6.07) is 3.60. The fourth-order valence-electron chi connectivity index (χ4n) is 2.00. The molecule has 0 N–H and O–H groups in total. The van der Waals surface area contributed by atoms with Gasteiger partial charge in [-0.3, -0.25) is 0 Å². The molecule has 2 rings (SSSR count). The van der Waals surface area contributed by atoms with E-state index in [1.807, 2.05) is 6.07 Å². The van der Waals surface area contributed by atoms with Crippen molar-refractivity contribution in [1.82, 2.24) is 0 Å². The normalized spacial score (nSPS) is 15.3. The Labute approximate surface area is 98.6 Å². The monoisotopic (exact) mass is 264 g/mol. The quantitative estimate of drug-likeness (QED) is 0.770. The topological polar surface area (TPSA) is 34.1 Å². The number of benzene rings is 1. The highest BCUT2D eigenvalue weighted by Crippen LogP contribution is 2.30. The van der Waals surface area contributed by atoms with Gasteiger partial charge in [-0.25, -0.2) is 8.42 Å². The highest BCUT2D eigenvalue weighted by atomic mass is 35.7. The Morgan fingerprint density at radius 2 is 2.00 bits per heavy atom. The lowest BCUT2D eigenvalue weighted by molar-refractivity contribution is 0.609. The maximum atomic E-state index is 10.9. The van der Waals surface area contributed by atoms with E-state index in [2.05, 4.69) is 0 Å². The molecular formula is C10H10Cl2O2S. The molecule has 0 fully saturated rings. The van der Waals surface area contributed by atoms with Crippen molar-refractivity contribution in [3.63, 3.8) is 0 Å². The fraction of sp³-hybridized carbons (Fsp3) is 0.400. The zero-order valence-corrected chi connectivity index (χ0v) is 10.3. The van der Waals surface area contributed by atoms with E-state index in [4.69, 9.17) is 22.3 Å². The van der Waals surface area contributed by atoms with Crippen LogP contribution in [0.1, 0.15) is 23.1 Å². The van der Waals surface area contributed by atoms with Crippen molar-refractivity contribution in [3.05, 3.63) is 33.8 Å². The summed E-state index contributed by atoms with van der Waals surface area (Å²) in [5.41, 5.74) is 3.00. The van der Waals surface area contributed by atoms with Gasteiger partial charge in [0.1, 0.15) is 0 Å². The van der Waals surface area contributed by atoms with Crippen molar-refractivity contribution < 1.29 is 8.42 Å². The van der Waals surface area contributed by atoms with Crippen molar-refractivity contribution in [2.45, 2.75) is 25.0 Å². The van der Waals surface area contributed by atoms with Crippen LogP contribution in [0.25, 0.3) is 0 Å². The Balaban J connectivity index is 2.40. The van der Waals surface area contributed by atoms with Crippen LogP contribution in [0.3, 0.4) is 0 Å². The van der Waals surface area contributed by atoms with Crippen molar-refractivity contribution in [2.24, 2.45) is 0 Å². The van der Waals surface area contributed by atoms with E-state index in [0.717, 1.165) is 30.4 Å². The molecule has 0 unspecified atom stereocenters. The van der Waals surface area contributed by atoms with Gasteiger partial charge in [-0.15, -0.1) is 0 Å². The molecule has 0 radical (unpaired) electrons. The van der Waals surface area contributed by atoms with E-state index in [1.54, 1.807) is 6.07 Å². The van der Waals surface area contributed by atoms with Crippen LogP contribution in [0.5, 0.6) is 0 Å². The predicted molar refractivity (Wildman–Crippen MR) is 62.0 cm³/mol. The van der Waals surface area contributed by atoms with Gasteiger partial charge < -0.3 is 0 Å². The standard InChI is InChI=1S/C10H10Cl2O2S/c11-10-5-7(6-15(12,13)14)4-8-2-1-3-9(8)10/h4-5H,1-3,6H2. The van der Waals surface area contributed by atoms with Crippen LogP contribution < -0.4 is 0 Å². The lowest BCUT2D eigenvalue weighted by Gasteiger charge is -2.05. The number of halogens is 2. The molecule has 0 aliphatic heterocycles. The minimum absolute atomic E-state index is 0.151. The van der Waals surface area contributed by atoms with E-state index < -0.39 is 9.05 Å². The molecule has 0 amide bonds. The number of hydrogen-bond donors (Lipinski definition) is 0. The molecule has 0 atom stereocenters. The first-order valence-corrected chi connectivity index (χ1v) is 7.54. The first-order valence-electron chi connectivity index (χ1n) is 4.68. The van der Waals surface area contributed by atoms with Crippen LogP contribution >= 0.6 is 22.3 Å². The molecule has 1 aliphatic carbocycles. The zero-order chi connectivity index (χ0) is 11.1. The van der Waals surface area contributed by atoms with Crippen molar-refractivity contribution in [3.8, 4) is 0 Å². The fourth-order valence-corrected chi connectivity index (χ4v) is 3.30. The predicted octanol–water partition coefficient (Wildman–Crippen LogP) is 2.90. The lowest BCUT2D eigenvalue weighted by Crippen LogP contribution is -1.97. The average Bonchev–Trinajstić information content (AvgIpc) is 2.48. The van der Waals surface area contributed by atoms with E-state index in [0.29, 0.717) is 10.6 Å². The third-order valence-electron chi connectivity index (χ3n) is 2.56. The largest absolute Gasteiger partial charge is 0.236 e. The van der Waals surface area contributed by atoms with Crippen molar-refractivity contribution >= 4 is 31.3 Å². The van der Waals surface area contributed by atoms with Crippen LogP contribution in [-0.2, 0) is 27.6 Å². The minimum atomic E-state index is -3.50. The maximum absolute atomic E-state index is 10.9. The molecule has 2 nitrogen and oxygen atoms in total. The summed E-state index contributed by atoms with van der Waals surface area (Å²) in [5, 5.41) is 0.667. The highest BCUT2D eigenvalue weighted by molar-refractivity contribution is 8.13. The second-order valence-electron chi connectivity index (χ2n) is 3.75. The molecule has 1 aromatic carbocycles. The number of rotatable bonds is 2. The molecule has 82 valence electrons. The van der Waals surface area contributed by atoms with E-state index >= 15 is 0 Å². The van der Waals surface area contributed by atoms with Gasteiger partial charge in [-0.1, -0.05) is 17.7 Å². The number of hydrogen-bond acceptors (Lipinski definition) is 2. The summed E-state index contributed by atoms with van der Waals surface area (Å²) in [4.78, 5) is 0. The average molecular weight is 265 g/mol. The Morgan fingerprint density at radius 3 is 2.67 bits per heavy atom. The number of fused-ring (bicyclic) bond motifs is 1. The van der Waals surface area contributed by atoms with Gasteiger partial charge >= 0.3 is 0 Å². The molecule has 15 heavy (non-hydrogen) atoms. The third kappa shape index (κ3) is 2.65. The SMILES string of the molecule is O=S(=O)(Cl)Cc1cc(Cl)c2c(c1)CCC2. The summed E-state index contributed by atoms with van der Waals surface area (Å²) in [5.74, 6) is -0.151. The molecule has 5 heteroatoms. The molecule has 0 saturated heterocycles. The summed E-state index contributed by atoms with van der Waals surface area (Å²) in [7, 11) is 1.70. The molecule has 1 aromatic rings. The van der Waals surface area contributed by atoms with Crippen LogP contribution in [0.4, 0.5) is 0 Å². The van der Waals surface area contributed by atoms with Gasteiger partial charge in [-0.2, -0.15) is 0 Å². The Morgan fingerprint density at radius 1 is 1.27 bits per heavy atom. The van der Waals surface area contributed by atoms with Crippen molar-refractivity contribution in [2.75, 3.05) is 0 Å². The Kier molecular flexibility index (Phi) is 2.97. The highest BCUT2D eigenvalue weighted by Gasteiger charge is 2.17. The first kappa shape index (κ1) is 11.2. The summed E-state index contributed by atoms with van der Waals surface area (Å²) >= 11 is 6.07. The van der Waals surface area contributed by atoms with Gasteiger partial charge in [0, 0.05) is 15.7 Å². The molecule has 0 bridgehead atoms. The van der Waals surface area contributed by atoms with Crippen LogP contribution in [0.15, 0.2) is 12.1 Å². The number of aryl methyl sites for hydroxylation is 1. The van der Waals surface area contributed by atoms with Gasteiger partial charge in [0.2, 0.25) is 9.05 Å². The van der Waals surface area contributed by atoms with Gasteiger partial charge in [-0.05, 0) is 42.0 Å². The molecule has 0 aromatic heterocycles. The van der Waals surface area contributed by atoms with Gasteiger partial charge in [0.25, 0.3) is 0 Å². The van der Waals surface area contributed by atoms with E-state index in [-0.39, 0.29) is 5.75 Å². The first-order chi connectivity index (χ1) is 6.96. The third-order valence-corrected chi connectivity index (χ3v) is 3.90. The molecule has 0 spiro atoms. The Bertz CT molecular complexity index is 494. The summed E-state index contributed by atoms with van der Waals surface area (Å²) in [6.07, 6.45) is 3.05. The lowest BCUT2D eigenvalue weighted by atomic mass is 10.1. The molecular weight excluding hydrogens is 255 g/mol. The van der Waals surface area contributed by atoms with Crippen molar-refractivity contribution in [1.29, 1.82) is 0 Å². The molecule has 1 aliphatic rings. The zero-order valence-electron chi connectivity index (χ0n) is 7.96. The second-order valence-corrected chi connectivity index (χ2v) is 6.94. The van der Waals surface area contributed by atoms with Gasteiger partial charge in [0.15, 0.2) is 0 Å². The summed E-state index contributed by atoms with van der Waals surface area (Å²) < 4.78 is 21.9. The molecule has 0 saturated carbocycles. The Hall–Kier alpha value is -0.250. The van der Waals surface area contributed by atoms with E-state index in [9.17, 15) is 8.42 Å². The smallest absolute Gasteiger partial charge is 0.212 e.